The smallest absolute Gasteiger partial charge is 0.226 e. The summed E-state index contributed by atoms with van der Waals surface area (Å²) in [5, 5.41) is 2.74. The number of halogens is 1. The highest BCUT2D eigenvalue weighted by Crippen LogP contribution is 2.11. The van der Waals surface area contributed by atoms with Gasteiger partial charge in [-0.05, 0) is 24.3 Å². The highest BCUT2D eigenvalue weighted by molar-refractivity contribution is 6.30. The lowest BCUT2D eigenvalue weighted by molar-refractivity contribution is -0.118. The van der Waals surface area contributed by atoms with Gasteiger partial charge < -0.3 is 5.32 Å². The van der Waals surface area contributed by atoms with Gasteiger partial charge in [-0.25, -0.2) is 0 Å². The van der Waals surface area contributed by atoms with Crippen molar-refractivity contribution in [3.63, 3.8) is 0 Å². The number of hydrogen-bond donors (Lipinski definition) is 1. The van der Waals surface area contributed by atoms with Gasteiger partial charge in [0.05, 0.1) is 5.88 Å². The Bertz CT molecular complexity index is 385. The number of carbonyl (C=O) groups is 2. The molecule has 0 aliphatic rings. The van der Waals surface area contributed by atoms with Crippen LogP contribution >= 0.6 is 11.6 Å². The van der Waals surface area contributed by atoms with Crippen LogP contribution < -0.4 is 5.32 Å². The first-order valence-corrected chi connectivity index (χ1v) is 5.58. The lowest BCUT2D eigenvalue weighted by Crippen LogP contribution is -2.17. The maximum atomic E-state index is 11.4. The number of carbonyl (C=O) groups excluding carboxylic acids is 2. The van der Waals surface area contributed by atoms with Crippen molar-refractivity contribution in [2.75, 3.05) is 11.2 Å². The maximum Gasteiger partial charge on any atom is 0.226 e. The van der Waals surface area contributed by atoms with Gasteiger partial charge in [0.1, 0.15) is 0 Å². The number of rotatable bonds is 4. The van der Waals surface area contributed by atoms with Gasteiger partial charge in [-0.15, -0.1) is 11.6 Å². The zero-order valence-corrected chi connectivity index (χ0v) is 10.0. The predicted molar refractivity (Wildman–Crippen MR) is 65.0 cm³/mol. The van der Waals surface area contributed by atoms with Gasteiger partial charge in [0.15, 0.2) is 5.78 Å². The third kappa shape index (κ3) is 3.35. The first-order chi connectivity index (χ1) is 7.54. The molecular formula is C12H14ClNO2. The largest absolute Gasteiger partial charge is 0.326 e. The summed E-state index contributed by atoms with van der Waals surface area (Å²) in [4.78, 5) is 22.6. The number of nitrogens with one attached hydrogen (secondary N) is 1. The minimum atomic E-state index is -0.122. The van der Waals surface area contributed by atoms with E-state index in [1.807, 2.05) is 13.8 Å². The molecule has 0 aliphatic carbocycles. The fraction of sp³-hybridized carbons (Fsp3) is 0.333. The number of hydrogen-bond acceptors (Lipinski definition) is 2. The number of amides is 1. The van der Waals surface area contributed by atoms with E-state index in [0.717, 1.165) is 0 Å². The van der Waals surface area contributed by atoms with Crippen LogP contribution in [0.3, 0.4) is 0 Å². The molecule has 0 spiro atoms. The van der Waals surface area contributed by atoms with E-state index in [1.54, 1.807) is 24.3 Å². The Morgan fingerprint density at radius 1 is 1.25 bits per heavy atom. The van der Waals surface area contributed by atoms with Crippen LogP contribution in [0, 0.1) is 5.92 Å². The van der Waals surface area contributed by atoms with Crippen molar-refractivity contribution in [1.29, 1.82) is 0 Å². The monoisotopic (exact) mass is 239 g/mol. The van der Waals surface area contributed by atoms with Gasteiger partial charge >= 0.3 is 0 Å². The molecule has 0 fully saturated rings. The zero-order chi connectivity index (χ0) is 12.1. The first kappa shape index (κ1) is 12.7. The summed E-state index contributed by atoms with van der Waals surface area (Å²) in [5.74, 6) is -0.262. The molecule has 1 amide bonds. The molecule has 86 valence electrons. The van der Waals surface area contributed by atoms with E-state index >= 15 is 0 Å². The van der Waals surface area contributed by atoms with Crippen LogP contribution in [0.1, 0.15) is 24.2 Å². The van der Waals surface area contributed by atoms with Crippen LogP contribution in [0.2, 0.25) is 0 Å². The number of ketones is 1. The molecule has 0 heterocycles. The van der Waals surface area contributed by atoms with Crippen LogP contribution in [-0.2, 0) is 4.79 Å². The zero-order valence-electron chi connectivity index (χ0n) is 9.29. The third-order valence-corrected chi connectivity index (χ3v) is 2.36. The highest BCUT2D eigenvalue weighted by Gasteiger charge is 2.08. The van der Waals surface area contributed by atoms with Crippen LogP contribution in [0.25, 0.3) is 0 Å². The number of anilines is 1. The van der Waals surface area contributed by atoms with Crippen molar-refractivity contribution < 1.29 is 9.59 Å². The Kier molecular flexibility index (Phi) is 4.50. The highest BCUT2D eigenvalue weighted by atomic mass is 35.5. The van der Waals surface area contributed by atoms with Crippen molar-refractivity contribution >= 4 is 29.0 Å². The molecule has 0 aromatic heterocycles. The topological polar surface area (TPSA) is 46.2 Å². The Balaban J connectivity index is 2.72. The molecule has 1 aromatic carbocycles. The molecule has 16 heavy (non-hydrogen) atoms. The molecular weight excluding hydrogens is 226 g/mol. The van der Waals surface area contributed by atoms with Crippen molar-refractivity contribution in [3.05, 3.63) is 29.8 Å². The van der Waals surface area contributed by atoms with E-state index in [4.69, 9.17) is 11.6 Å². The average molecular weight is 240 g/mol. The molecule has 1 aromatic rings. The molecule has 0 radical (unpaired) electrons. The lowest BCUT2D eigenvalue weighted by atomic mass is 10.1. The second-order valence-electron chi connectivity index (χ2n) is 3.78. The van der Waals surface area contributed by atoms with Crippen molar-refractivity contribution in [2.24, 2.45) is 5.92 Å². The van der Waals surface area contributed by atoms with Crippen LogP contribution in [0.5, 0.6) is 0 Å². The minimum absolute atomic E-state index is 0.0301. The molecule has 0 atom stereocenters. The second kappa shape index (κ2) is 5.66. The number of Topliss-reactive ketones (excluding diaryl/α,β-unsaturated/α-hetero) is 1. The van der Waals surface area contributed by atoms with Gasteiger partial charge in [0, 0.05) is 17.2 Å². The van der Waals surface area contributed by atoms with Crippen LogP contribution in [0.4, 0.5) is 5.69 Å². The molecule has 1 N–H and O–H groups in total. The summed E-state index contributed by atoms with van der Waals surface area (Å²) in [6, 6.07) is 6.70. The third-order valence-electron chi connectivity index (χ3n) is 2.12. The molecule has 0 saturated heterocycles. The quantitative estimate of drug-likeness (QED) is 0.649. The fourth-order valence-corrected chi connectivity index (χ4v) is 1.26. The predicted octanol–water partition coefficient (Wildman–Crippen LogP) is 2.70. The van der Waals surface area contributed by atoms with E-state index in [1.165, 1.54) is 0 Å². The Morgan fingerprint density at radius 3 is 2.25 bits per heavy atom. The normalized spacial score (nSPS) is 10.2. The van der Waals surface area contributed by atoms with Crippen molar-refractivity contribution in [2.45, 2.75) is 13.8 Å². The van der Waals surface area contributed by atoms with Gasteiger partial charge in [-0.3, -0.25) is 9.59 Å². The van der Waals surface area contributed by atoms with Crippen molar-refractivity contribution in [1.82, 2.24) is 0 Å². The average Bonchev–Trinajstić information content (AvgIpc) is 2.28. The minimum Gasteiger partial charge on any atom is -0.326 e. The summed E-state index contributed by atoms with van der Waals surface area (Å²) >= 11 is 5.43. The van der Waals surface area contributed by atoms with Gasteiger partial charge in [-0.1, -0.05) is 13.8 Å². The molecule has 0 bridgehead atoms. The fourth-order valence-electron chi connectivity index (χ4n) is 1.10. The van der Waals surface area contributed by atoms with E-state index in [-0.39, 0.29) is 23.5 Å². The SMILES string of the molecule is CC(C)C(=O)Nc1ccc(C(=O)CCl)cc1. The second-order valence-corrected chi connectivity index (χ2v) is 4.05. The van der Waals surface area contributed by atoms with E-state index in [2.05, 4.69) is 5.32 Å². The standard InChI is InChI=1S/C12H14ClNO2/c1-8(2)12(16)14-10-5-3-9(4-6-10)11(15)7-13/h3-6,8H,7H2,1-2H3,(H,14,16). The Labute approximate surface area is 99.8 Å². The molecule has 0 saturated carbocycles. The number of alkyl halides is 1. The van der Waals surface area contributed by atoms with Gasteiger partial charge in [0.25, 0.3) is 0 Å². The summed E-state index contributed by atoms with van der Waals surface area (Å²) in [6.45, 7) is 3.64. The maximum absolute atomic E-state index is 11.4. The Hall–Kier alpha value is -1.35. The molecule has 3 nitrogen and oxygen atoms in total. The first-order valence-electron chi connectivity index (χ1n) is 5.04. The van der Waals surface area contributed by atoms with E-state index in [0.29, 0.717) is 11.3 Å². The summed E-state index contributed by atoms with van der Waals surface area (Å²) in [6.07, 6.45) is 0. The van der Waals surface area contributed by atoms with Gasteiger partial charge in [-0.2, -0.15) is 0 Å². The molecule has 4 heteroatoms. The summed E-state index contributed by atoms with van der Waals surface area (Å²) < 4.78 is 0. The summed E-state index contributed by atoms with van der Waals surface area (Å²) in [5.41, 5.74) is 1.24. The molecule has 0 aliphatic heterocycles. The Morgan fingerprint density at radius 2 is 1.81 bits per heavy atom. The van der Waals surface area contributed by atoms with Crippen LogP contribution in [0.15, 0.2) is 24.3 Å². The lowest BCUT2D eigenvalue weighted by Gasteiger charge is -2.07. The summed E-state index contributed by atoms with van der Waals surface area (Å²) in [7, 11) is 0. The molecule has 0 unspecified atom stereocenters. The van der Waals surface area contributed by atoms with E-state index in [9.17, 15) is 9.59 Å². The molecule has 1 rings (SSSR count). The van der Waals surface area contributed by atoms with E-state index < -0.39 is 0 Å². The van der Waals surface area contributed by atoms with Gasteiger partial charge in [0.2, 0.25) is 5.91 Å². The number of benzene rings is 1. The van der Waals surface area contributed by atoms with Crippen LogP contribution in [-0.4, -0.2) is 17.6 Å². The van der Waals surface area contributed by atoms with Crippen molar-refractivity contribution in [3.8, 4) is 0 Å².